The predicted molar refractivity (Wildman–Crippen MR) is 106 cm³/mol. The fourth-order valence-electron chi connectivity index (χ4n) is 3.68. The maximum Gasteiger partial charge on any atom is 0.303 e. The van der Waals surface area contributed by atoms with Crippen LogP contribution in [0.15, 0.2) is 29.3 Å². The SMILES string of the molecule is CCN(C1=NC(=O)C2CCCCCC2S1)c1ccc(CCC(=O)O)cc1. The summed E-state index contributed by atoms with van der Waals surface area (Å²) in [6.07, 6.45) is 6.26. The summed E-state index contributed by atoms with van der Waals surface area (Å²) >= 11 is 1.76. The zero-order chi connectivity index (χ0) is 18.5. The van der Waals surface area contributed by atoms with Crippen LogP contribution < -0.4 is 4.90 Å². The molecule has 0 bridgehead atoms. The molecule has 1 aliphatic heterocycles. The van der Waals surface area contributed by atoms with Crippen LogP contribution in [0.4, 0.5) is 5.69 Å². The molecule has 2 atom stereocenters. The molecule has 1 aromatic rings. The molecule has 2 aliphatic rings. The highest BCUT2D eigenvalue weighted by Crippen LogP contribution is 2.38. The van der Waals surface area contributed by atoms with Gasteiger partial charge in [-0.25, -0.2) is 0 Å². The number of carboxylic acids is 1. The molecule has 26 heavy (non-hydrogen) atoms. The van der Waals surface area contributed by atoms with E-state index in [2.05, 4.69) is 16.8 Å². The average molecular weight is 375 g/mol. The highest BCUT2D eigenvalue weighted by molar-refractivity contribution is 8.14. The smallest absolute Gasteiger partial charge is 0.303 e. The van der Waals surface area contributed by atoms with Crippen LogP contribution in [0.2, 0.25) is 0 Å². The highest BCUT2D eigenvalue weighted by Gasteiger charge is 2.36. The first-order chi connectivity index (χ1) is 12.6. The van der Waals surface area contributed by atoms with Crippen LogP contribution >= 0.6 is 11.8 Å². The minimum atomic E-state index is -0.784. The molecule has 6 heteroatoms. The summed E-state index contributed by atoms with van der Waals surface area (Å²) in [4.78, 5) is 29.8. The van der Waals surface area contributed by atoms with E-state index in [9.17, 15) is 9.59 Å². The van der Waals surface area contributed by atoms with Crippen molar-refractivity contribution in [3.63, 3.8) is 0 Å². The van der Waals surface area contributed by atoms with Gasteiger partial charge in [-0.15, -0.1) is 0 Å². The summed E-state index contributed by atoms with van der Waals surface area (Å²) in [5.74, 6) is -0.654. The van der Waals surface area contributed by atoms with Crippen molar-refractivity contribution in [1.29, 1.82) is 0 Å². The number of carbonyl (C=O) groups excluding carboxylic acids is 1. The van der Waals surface area contributed by atoms with Gasteiger partial charge in [0, 0.05) is 23.9 Å². The van der Waals surface area contributed by atoms with E-state index in [1.807, 2.05) is 24.3 Å². The molecule has 1 N–H and O–H groups in total. The van der Waals surface area contributed by atoms with Gasteiger partial charge in [-0.2, -0.15) is 4.99 Å². The molecule has 1 heterocycles. The molecule has 1 amide bonds. The van der Waals surface area contributed by atoms with Crippen LogP contribution in [0.1, 0.15) is 51.0 Å². The first-order valence-corrected chi connectivity index (χ1v) is 10.3. The number of benzene rings is 1. The fourth-order valence-corrected chi connectivity index (χ4v) is 5.16. The van der Waals surface area contributed by atoms with Gasteiger partial charge in [0.05, 0.1) is 5.92 Å². The van der Waals surface area contributed by atoms with Crippen molar-refractivity contribution in [2.24, 2.45) is 10.9 Å². The largest absolute Gasteiger partial charge is 0.481 e. The maximum absolute atomic E-state index is 12.6. The van der Waals surface area contributed by atoms with Gasteiger partial charge < -0.3 is 10.0 Å². The number of amides is 1. The second kappa shape index (κ2) is 8.71. The molecule has 3 rings (SSSR count). The number of aliphatic imine (C=N–C) groups is 1. The number of hydrogen-bond acceptors (Lipinski definition) is 4. The summed E-state index contributed by atoms with van der Waals surface area (Å²) in [5.41, 5.74) is 2.00. The van der Waals surface area contributed by atoms with Crippen molar-refractivity contribution in [3.05, 3.63) is 29.8 Å². The number of anilines is 1. The number of thioether (sulfide) groups is 1. The van der Waals surface area contributed by atoms with E-state index in [0.29, 0.717) is 11.7 Å². The number of carbonyl (C=O) groups is 2. The third-order valence-electron chi connectivity index (χ3n) is 5.16. The normalized spacial score (nSPS) is 23.0. The molecule has 140 valence electrons. The topological polar surface area (TPSA) is 70.0 Å². The van der Waals surface area contributed by atoms with Crippen LogP contribution in [0.25, 0.3) is 0 Å². The van der Waals surface area contributed by atoms with Gasteiger partial charge >= 0.3 is 5.97 Å². The standard InChI is InChI=1S/C20H26N2O3S/c1-2-22(15-11-8-14(9-12-15)10-13-18(23)24)20-21-19(25)16-6-4-3-5-7-17(16)26-20/h8-9,11-12,16-17H,2-7,10,13H2,1H3,(H,23,24). The number of carboxylic acid groups (broad SMARTS) is 1. The third-order valence-corrected chi connectivity index (χ3v) is 6.54. The Balaban J connectivity index is 1.75. The Morgan fingerprint density at radius 1 is 1.23 bits per heavy atom. The number of nitrogens with zero attached hydrogens (tertiary/aromatic N) is 2. The summed E-state index contributed by atoms with van der Waals surface area (Å²) in [7, 11) is 0. The zero-order valence-electron chi connectivity index (χ0n) is 15.2. The van der Waals surface area contributed by atoms with Crippen LogP contribution in [0.5, 0.6) is 0 Å². The number of amidine groups is 1. The zero-order valence-corrected chi connectivity index (χ0v) is 16.0. The monoisotopic (exact) mass is 374 g/mol. The van der Waals surface area contributed by atoms with E-state index in [-0.39, 0.29) is 18.2 Å². The van der Waals surface area contributed by atoms with E-state index in [1.54, 1.807) is 11.8 Å². The molecule has 1 aliphatic carbocycles. The lowest BCUT2D eigenvalue weighted by molar-refractivity contribution is -0.137. The molecule has 1 aromatic carbocycles. The van der Waals surface area contributed by atoms with Gasteiger partial charge in [-0.05, 0) is 43.9 Å². The van der Waals surface area contributed by atoms with Crippen molar-refractivity contribution in [2.75, 3.05) is 11.4 Å². The number of aliphatic carboxylic acids is 1. The van der Waals surface area contributed by atoms with Crippen molar-refractivity contribution in [3.8, 4) is 0 Å². The third kappa shape index (κ3) is 4.47. The Morgan fingerprint density at radius 3 is 2.65 bits per heavy atom. The second-order valence-corrected chi connectivity index (χ2v) is 8.14. The minimum Gasteiger partial charge on any atom is -0.481 e. The number of fused-ring (bicyclic) bond motifs is 1. The summed E-state index contributed by atoms with van der Waals surface area (Å²) in [5, 5.41) is 9.96. The molecular formula is C20H26N2O3S. The predicted octanol–water partition coefficient (Wildman–Crippen LogP) is 4.11. The number of aryl methyl sites for hydroxylation is 1. The van der Waals surface area contributed by atoms with Crippen LogP contribution in [0, 0.1) is 5.92 Å². The Kier molecular flexibility index (Phi) is 6.35. The minimum absolute atomic E-state index is 0.0437. The van der Waals surface area contributed by atoms with Gasteiger partial charge in [0.2, 0.25) is 0 Å². The number of rotatable bonds is 5. The van der Waals surface area contributed by atoms with Gasteiger partial charge in [0.15, 0.2) is 5.17 Å². The quantitative estimate of drug-likeness (QED) is 0.840. The highest BCUT2D eigenvalue weighted by atomic mass is 32.2. The van der Waals surface area contributed by atoms with Crippen molar-refractivity contribution < 1.29 is 14.7 Å². The van der Waals surface area contributed by atoms with Gasteiger partial charge in [-0.3, -0.25) is 9.59 Å². The average Bonchev–Trinajstić information content (AvgIpc) is 2.87. The van der Waals surface area contributed by atoms with E-state index in [0.717, 1.165) is 42.2 Å². The van der Waals surface area contributed by atoms with Crippen molar-refractivity contribution >= 4 is 34.5 Å². The van der Waals surface area contributed by atoms with E-state index < -0.39 is 5.97 Å². The van der Waals surface area contributed by atoms with Crippen molar-refractivity contribution in [2.45, 2.75) is 57.1 Å². The van der Waals surface area contributed by atoms with E-state index >= 15 is 0 Å². The number of hydrogen-bond donors (Lipinski definition) is 1. The van der Waals surface area contributed by atoms with Crippen molar-refractivity contribution in [1.82, 2.24) is 0 Å². The van der Waals surface area contributed by atoms with Gasteiger partial charge in [0.1, 0.15) is 0 Å². The molecule has 1 saturated carbocycles. The molecular weight excluding hydrogens is 348 g/mol. The van der Waals surface area contributed by atoms with Crippen LogP contribution in [-0.2, 0) is 16.0 Å². The molecule has 0 radical (unpaired) electrons. The Labute approximate surface area is 158 Å². The molecule has 0 aromatic heterocycles. The fraction of sp³-hybridized carbons (Fsp3) is 0.550. The van der Waals surface area contributed by atoms with Crippen LogP contribution in [0.3, 0.4) is 0 Å². The van der Waals surface area contributed by atoms with E-state index in [4.69, 9.17) is 5.11 Å². The molecule has 0 spiro atoms. The maximum atomic E-state index is 12.6. The first-order valence-electron chi connectivity index (χ1n) is 9.46. The molecule has 0 saturated heterocycles. The Bertz CT molecular complexity index is 687. The molecule has 5 nitrogen and oxygen atoms in total. The lowest BCUT2D eigenvalue weighted by Gasteiger charge is -2.32. The van der Waals surface area contributed by atoms with Crippen LogP contribution in [-0.4, -0.2) is 33.9 Å². The lowest BCUT2D eigenvalue weighted by atomic mass is 9.99. The lowest BCUT2D eigenvalue weighted by Crippen LogP contribution is -2.38. The Hall–Kier alpha value is -1.82. The molecule has 2 unspecified atom stereocenters. The second-order valence-electron chi connectivity index (χ2n) is 6.94. The summed E-state index contributed by atoms with van der Waals surface area (Å²) in [6, 6.07) is 7.91. The molecule has 1 fully saturated rings. The van der Waals surface area contributed by atoms with E-state index in [1.165, 1.54) is 12.8 Å². The first kappa shape index (κ1) is 19.0. The Morgan fingerprint density at radius 2 is 1.96 bits per heavy atom. The van der Waals surface area contributed by atoms with Gasteiger partial charge in [-0.1, -0.05) is 43.2 Å². The summed E-state index contributed by atoms with van der Waals surface area (Å²) < 4.78 is 0. The van der Waals surface area contributed by atoms with Gasteiger partial charge in [0.25, 0.3) is 5.91 Å². The summed E-state index contributed by atoms with van der Waals surface area (Å²) in [6.45, 7) is 2.80.